The van der Waals surface area contributed by atoms with E-state index < -0.39 is 17.9 Å². The van der Waals surface area contributed by atoms with Crippen molar-refractivity contribution >= 4 is 5.97 Å². The molecule has 0 aliphatic rings. The lowest BCUT2D eigenvalue weighted by molar-refractivity contribution is -0.139. The number of hydrogen-bond acceptors (Lipinski definition) is 2. The summed E-state index contributed by atoms with van der Waals surface area (Å²) in [7, 11) is 0. The largest absolute Gasteiger partial charge is 0.481 e. The summed E-state index contributed by atoms with van der Waals surface area (Å²) in [6.07, 6.45) is 0. The number of rotatable bonds is 4. The maximum Gasteiger partial charge on any atom is 0.312 e. The van der Waals surface area contributed by atoms with Crippen LogP contribution in [0, 0.1) is 0 Å². The highest BCUT2D eigenvalue weighted by Gasteiger charge is 2.23. The fraction of sp³-hybridized carbons (Fsp3) is 0.188. The SMILES string of the molecule is C[C@H](N)C(C(=O)O)c1ccc(-c2ccccc2)cc1. The molecule has 3 heteroatoms. The Labute approximate surface area is 112 Å². The number of hydrogen-bond donors (Lipinski definition) is 2. The van der Waals surface area contributed by atoms with Crippen LogP contribution < -0.4 is 5.73 Å². The maximum atomic E-state index is 11.2. The van der Waals surface area contributed by atoms with Crippen LogP contribution in [0.2, 0.25) is 0 Å². The van der Waals surface area contributed by atoms with Crippen molar-refractivity contribution in [1.82, 2.24) is 0 Å². The Morgan fingerprint density at radius 2 is 1.53 bits per heavy atom. The Morgan fingerprint density at radius 3 is 2.00 bits per heavy atom. The van der Waals surface area contributed by atoms with Crippen molar-refractivity contribution < 1.29 is 9.90 Å². The van der Waals surface area contributed by atoms with Gasteiger partial charge in [0.25, 0.3) is 0 Å². The highest BCUT2D eigenvalue weighted by atomic mass is 16.4. The van der Waals surface area contributed by atoms with E-state index in [2.05, 4.69) is 0 Å². The van der Waals surface area contributed by atoms with Gasteiger partial charge in [-0.2, -0.15) is 0 Å². The first-order valence-electron chi connectivity index (χ1n) is 6.23. The molecule has 0 spiro atoms. The van der Waals surface area contributed by atoms with Crippen molar-refractivity contribution in [2.45, 2.75) is 18.9 Å². The van der Waals surface area contributed by atoms with Gasteiger partial charge in [-0.25, -0.2) is 0 Å². The van der Waals surface area contributed by atoms with Gasteiger partial charge in [-0.3, -0.25) is 4.79 Å². The van der Waals surface area contributed by atoms with Crippen LogP contribution in [0.4, 0.5) is 0 Å². The monoisotopic (exact) mass is 255 g/mol. The molecule has 0 aromatic heterocycles. The summed E-state index contributed by atoms with van der Waals surface area (Å²) < 4.78 is 0. The molecule has 1 unspecified atom stereocenters. The zero-order chi connectivity index (χ0) is 13.8. The third kappa shape index (κ3) is 3.01. The van der Waals surface area contributed by atoms with Crippen LogP contribution >= 0.6 is 0 Å². The molecular formula is C16H17NO2. The van der Waals surface area contributed by atoms with E-state index in [1.807, 2.05) is 54.6 Å². The molecule has 0 saturated heterocycles. The predicted octanol–water partition coefficient (Wildman–Crippen LogP) is 2.87. The molecule has 0 fully saturated rings. The maximum absolute atomic E-state index is 11.2. The molecule has 0 aliphatic heterocycles. The second-order valence-corrected chi connectivity index (χ2v) is 4.66. The topological polar surface area (TPSA) is 63.3 Å². The number of aliphatic carboxylic acids is 1. The average molecular weight is 255 g/mol. The van der Waals surface area contributed by atoms with Crippen LogP contribution in [0.25, 0.3) is 11.1 Å². The van der Waals surface area contributed by atoms with Gasteiger partial charge in [0.05, 0.1) is 5.92 Å². The lowest BCUT2D eigenvalue weighted by Gasteiger charge is -2.16. The number of carbonyl (C=O) groups is 1. The zero-order valence-corrected chi connectivity index (χ0v) is 10.8. The quantitative estimate of drug-likeness (QED) is 0.883. The minimum absolute atomic E-state index is 0.417. The summed E-state index contributed by atoms with van der Waals surface area (Å²) in [6.45, 7) is 1.71. The minimum Gasteiger partial charge on any atom is -0.481 e. The Balaban J connectivity index is 2.30. The molecule has 3 N–H and O–H groups in total. The molecule has 2 rings (SSSR count). The van der Waals surface area contributed by atoms with Crippen molar-refractivity contribution in [1.29, 1.82) is 0 Å². The Hall–Kier alpha value is -2.13. The van der Waals surface area contributed by atoms with Crippen LogP contribution in [-0.4, -0.2) is 17.1 Å². The van der Waals surface area contributed by atoms with E-state index >= 15 is 0 Å². The number of benzene rings is 2. The lowest BCUT2D eigenvalue weighted by Crippen LogP contribution is -2.30. The molecule has 0 saturated carbocycles. The van der Waals surface area contributed by atoms with E-state index in [9.17, 15) is 9.90 Å². The zero-order valence-electron chi connectivity index (χ0n) is 10.8. The molecule has 0 heterocycles. The van der Waals surface area contributed by atoms with Crippen molar-refractivity contribution in [2.75, 3.05) is 0 Å². The average Bonchev–Trinajstić information content (AvgIpc) is 2.40. The van der Waals surface area contributed by atoms with Gasteiger partial charge >= 0.3 is 5.97 Å². The molecule has 98 valence electrons. The van der Waals surface area contributed by atoms with Gasteiger partial charge < -0.3 is 10.8 Å². The first-order chi connectivity index (χ1) is 9.09. The minimum atomic E-state index is -0.887. The summed E-state index contributed by atoms with van der Waals surface area (Å²) in [6, 6.07) is 17.1. The fourth-order valence-electron chi connectivity index (χ4n) is 2.18. The second-order valence-electron chi connectivity index (χ2n) is 4.66. The van der Waals surface area contributed by atoms with E-state index in [1.54, 1.807) is 6.92 Å². The summed E-state index contributed by atoms with van der Waals surface area (Å²) in [5, 5.41) is 9.20. The third-order valence-electron chi connectivity index (χ3n) is 3.17. The molecule has 0 amide bonds. The smallest absolute Gasteiger partial charge is 0.312 e. The second kappa shape index (κ2) is 5.67. The lowest BCUT2D eigenvalue weighted by atomic mass is 9.91. The first kappa shape index (κ1) is 13.3. The van der Waals surface area contributed by atoms with Crippen molar-refractivity contribution in [3.63, 3.8) is 0 Å². The summed E-state index contributed by atoms with van der Waals surface area (Å²) in [5.74, 6) is -1.55. The fourth-order valence-corrected chi connectivity index (χ4v) is 2.18. The summed E-state index contributed by atoms with van der Waals surface area (Å²) >= 11 is 0. The van der Waals surface area contributed by atoms with Gasteiger partial charge in [-0.05, 0) is 23.6 Å². The Morgan fingerprint density at radius 1 is 1.00 bits per heavy atom. The molecule has 0 bridgehead atoms. The van der Waals surface area contributed by atoms with Gasteiger partial charge in [0, 0.05) is 6.04 Å². The first-order valence-corrected chi connectivity index (χ1v) is 6.23. The third-order valence-corrected chi connectivity index (χ3v) is 3.17. The standard InChI is InChI=1S/C16H17NO2/c1-11(17)15(16(18)19)14-9-7-13(8-10-14)12-5-3-2-4-6-12/h2-11,15H,17H2,1H3,(H,18,19)/t11-,15?/m0/s1. The van der Waals surface area contributed by atoms with Crippen molar-refractivity contribution in [2.24, 2.45) is 5.73 Å². The van der Waals surface area contributed by atoms with Crippen molar-refractivity contribution in [3.05, 3.63) is 60.2 Å². The molecule has 3 nitrogen and oxygen atoms in total. The van der Waals surface area contributed by atoms with Crippen LogP contribution in [0.5, 0.6) is 0 Å². The van der Waals surface area contributed by atoms with Crippen LogP contribution in [-0.2, 0) is 4.79 Å². The number of carboxylic acid groups (broad SMARTS) is 1. The summed E-state index contributed by atoms with van der Waals surface area (Å²) in [4.78, 5) is 11.2. The Bertz CT molecular complexity index is 547. The summed E-state index contributed by atoms with van der Waals surface area (Å²) in [5.41, 5.74) is 8.66. The van der Waals surface area contributed by atoms with Crippen molar-refractivity contribution in [3.8, 4) is 11.1 Å². The molecule has 2 aromatic carbocycles. The highest BCUT2D eigenvalue weighted by Crippen LogP contribution is 2.24. The van der Waals surface area contributed by atoms with E-state index in [-0.39, 0.29) is 0 Å². The number of nitrogens with two attached hydrogens (primary N) is 1. The van der Waals surface area contributed by atoms with Crippen LogP contribution in [0.15, 0.2) is 54.6 Å². The highest BCUT2D eigenvalue weighted by molar-refractivity contribution is 5.77. The van der Waals surface area contributed by atoms with E-state index in [4.69, 9.17) is 5.73 Å². The van der Waals surface area contributed by atoms with Gasteiger partial charge in [-0.1, -0.05) is 54.6 Å². The van der Waals surface area contributed by atoms with Gasteiger partial charge in [0.2, 0.25) is 0 Å². The van der Waals surface area contributed by atoms with Crippen LogP contribution in [0.3, 0.4) is 0 Å². The number of carboxylic acids is 1. The molecule has 0 aliphatic carbocycles. The normalized spacial score (nSPS) is 13.8. The van der Waals surface area contributed by atoms with E-state index in [0.717, 1.165) is 16.7 Å². The Kier molecular flexibility index (Phi) is 3.97. The molecule has 19 heavy (non-hydrogen) atoms. The molecule has 0 radical (unpaired) electrons. The molecule has 2 aromatic rings. The molecular weight excluding hydrogens is 238 g/mol. The van der Waals surface area contributed by atoms with E-state index in [1.165, 1.54) is 0 Å². The molecule has 2 atom stereocenters. The van der Waals surface area contributed by atoms with E-state index in [0.29, 0.717) is 0 Å². The van der Waals surface area contributed by atoms with Gasteiger partial charge in [0.1, 0.15) is 0 Å². The predicted molar refractivity (Wildman–Crippen MR) is 75.9 cm³/mol. The van der Waals surface area contributed by atoms with Crippen LogP contribution in [0.1, 0.15) is 18.4 Å². The van der Waals surface area contributed by atoms with Gasteiger partial charge in [-0.15, -0.1) is 0 Å². The van der Waals surface area contributed by atoms with Gasteiger partial charge in [0.15, 0.2) is 0 Å².